The first-order valence-electron chi connectivity index (χ1n) is 12.3. The highest BCUT2D eigenvalue weighted by molar-refractivity contribution is 5.52. The van der Waals surface area contributed by atoms with E-state index in [9.17, 15) is 9.65 Å². The molecule has 9 heteroatoms. The van der Waals surface area contributed by atoms with Crippen molar-refractivity contribution in [1.29, 1.82) is 5.26 Å². The normalized spacial score (nSPS) is 26.5. The van der Waals surface area contributed by atoms with Gasteiger partial charge < -0.3 is 24.0 Å². The van der Waals surface area contributed by atoms with E-state index in [1.54, 1.807) is 31.6 Å². The standard InChI is InChI=1S/C26H34FN5O3/c1-5-34-19-6-7-20(27)22(12-19)31-11-9-23(17(2)15-31)35-26-14-29-25(13-30-26)32-16-24(33-4)18(3)21(32)8-10-28/h6-7,12-14,17-18,21,23-24H,5,8-9,11,15-16H2,1-4H3. The first-order valence-corrected chi connectivity index (χ1v) is 12.3. The summed E-state index contributed by atoms with van der Waals surface area (Å²) in [7, 11) is 1.70. The summed E-state index contributed by atoms with van der Waals surface area (Å²) >= 11 is 0. The van der Waals surface area contributed by atoms with E-state index >= 15 is 0 Å². The van der Waals surface area contributed by atoms with Crippen LogP contribution in [0.25, 0.3) is 0 Å². The van der Waals surface area contributed by atoms with Crippen molar-refractivity contribution in [2.24, 2.45) is 11.8 Å². The van der Waals surface area contributed by atoms with Crippen molar-refractivity contribution in [1.82, 2.24) is 9.97 Å². The molecule has 0 amide bonds. The topological polar surface area (TPSA) is 83.7 Å². The van der Waals surface area contributed by atoms with Gasteiger partial charge in [-0.15, -0.1) is 0 Å². The van der Waals surface area contributed by atoms with E-state index in [0.29, 0.717) is 50.0 Å². The minimum atomic E-state index is -0.247. The van der Waals surface area contributed by atoms with Crippen molar-refractivity contribution < 1.29 is 18.6 Å². The van der Waals surface area contributed by atoms with Crippen LogP contribution in [0.1, 0.15) is 33.6 Å². The summed E-state index contributed by atoms with van der Waals surface area (Å²) < 4.78 is 31.8. The third-order valence-corrected chi connectivity index (χ3v) is 7.15. The van der Waals surface area contributed by atoms with E-state index in [1.165, 1.54) is 6.07 Å². The molecule has 2 aliphatic heterocycles. The van der Waals surface area contributed by atoms with E-state index < -0.39 is 0 Å². The number of rotatable bonds is 8. The molecule has 4 rings (SSSR count). The highest BCUT2D eigenvalue weighted by atomic mass is 19.1. The quantitative estimate of drug-likeness (QED) is 0.556. The van der Waals surface area contributed by atoms with Gasteiger partial charge in [0.15, 0.2) is 0 Å². The van der Waals surface area contributed by atoms with Gasteiger partial charge in [0.05, 0.1) is 43.3 Å². The molecule has 0 saturated carbocycles. The maximum Gasteiger partial charge on any atom is 0.232 e. The largest absolute Gasteiger partial charge is 0.494 e. The van der Waals surface area contributed by atoms with Crippen molar-refractivity contribution in [2.45, 2.75) is 51.9 Å². The molecule has 0 aliphatic carbocycles. The van der Waals surface area contributed by atoms with Crippen LogP contribution in [0.4, 0.5) is 15.9 Å². The zero-order chi connectivity index (χ0) is 24.9. The van der Waals surface area contributed by atoms with Crippen LogP contribution in [0.5, 0.6) is 11.6 Å². The molecule has 2 fully saturated rings. The summed E-state index contributed by atoms with van der Waals surface area (Å²) in [6, 6.07) is 7.20. The number of aromatic nitrogens is 2. The summed E-state index contributed by atoms with van der Waals surface area (Å²) in [5, 5.41) is 9.26. The molecular weight excluding hydrogens is 449 g/mol. The third-order valence-electron chi connectivity index (χ3n) is 7.15. The molecule has 5 unspecified atom stereocenters. The summed E-state index contributed by atoms with van der Waals surface area (Å²) in [5.41, 5.74) is 0.562. The minimum absolute atomic E-state index is 0.0389. The number of hydrogen-bond acceptors (Lipinski definition) is 8. The van der Waals surface area contributed by atoms with Gasteiger partial charge in [-0.1, -0.05) is 13.8 Å². The second-order valence-corrected chi connectivity index (χ2v) is 9.34. The summed E-state index contributed by atoms with van der Waals surface area (Å²) in [5.74, 6) is 2.01. The van der Waals surface area contributed by atoms with E-state index in [4.69, 9.17) is 14.2 Å². The molecule has 2 aromatic rings. The van der Waals surface area contributed by atoms with Gasteiger partial charge >= 0.3 is 0 Å². The number of nitrogens with zero attached hydrogens (tertiary/aromatic N) is 5. The molecular formula is C26H34FN5O3. The zero-order valence-electron chi connectivity index (χ0n) is 20.9. The Morgan fingerprint density at radius 3 is 2.66 bits per heavy atom. The second-order valence-electron chi connectivity index (χ2n) is 9.34. The van der Waals surface area contributed by atoms with Crippen molar-refractivity contribution in [2.75, 3.05) is 43.2 Å². The maximum atomic E-state index is 14.5. The van der Waals surface area contributed by atoms with Crippen LogP contribution >= 0.6 is 0 Å². The maximum absolute atomic E-state index is 14.5. The van der Waals surface area contributed by atoms with Gasteiger partial charge in [-0.3, -0.25) is 0 Å². The summed E-state index contributed by atoms with van der Waals surface area (Å²) in [6.45, 7) is 8.68. The average Bonchev–Trinajstić information content (AvgIpc) is 3.18. The Hall–Kier alpha value is -3.12. The smallest absolute Gasteiger partial charge is 0.232 e. The lowest BCUT2D eigenvalue weighted by Crippen LogP contribution is -2.44. The van der Waals surface area contributed by atoms with Crippen LogP contribution in [0.2, 0.25) is 0 Å². The van der Waals surface area contributed by atoms with Crippen LogP contribution in [0, 0.1) is 29.0 Å². The number of anilines is 2. The molecule has 2 saturated heterocycles. The Labute approximate surface area is 206 Å². The van der Waals surface area contributed by atoms with Crippen molar-refractivity contribution in [3.63, 3.8) is 0 Å². The van der Waals surface area contributed by atoms with Crippen molar-refractivity contribution >= 4 is 11.5 Å². The zero-order valence-corrected chi connectivity index (χ0v) is 20.9. The molecule has 0 spiro atoms. The average molecular weight is 484 g/mol. The summed E-state index contributed by atoms with van der Waals surface area (Å²) in [6.07, 6.45) is 4.52. The van der Waals surface area contributed by atoms with Gasteiger partial charge in [-0.05, 0) is 19.1 Å². The molecule has 1 aromatic carbocycles. The van der Waals surface area contributed by atoms with Crippen LogP contribution in [0.3, 0.4) is 0 Å². The molecule has 1 aromatic heterocycles. The number of hydrogen-bond donors (Lipinski definition) is 0. The lowest BCUT2D eigenvalue weighted by Gasteiger charge is -2.38. The predicted octanol–water partition coefficient (Wildman–Crippen LogP) is 4.06. The van der Waals surface area contributed by atoms with Gasteiger partial charge in [0.2, 0.25) is 5.88 Å². The van der Waals surface area contributed by atoms with Gasteiger partial charge in [0.25, 0.3) is 0 Å². The van der Waals surface area contributed by atoms with E-state index in [0.717, 1.165) is 12.2 Å². The lowest BCUT2D eigenvalue weighted by atomic mass is 9.96. The van der Waals surface area contributed by atoms with Crippen LogP contribution in [-0.4, -0.2) is 61.6 Å². The van der Waals surface area contributed by atoms with Gasteiger partial charge in [0.1, 0.15) is 23.5 Å². The van der Waals surface area contributed by atoms with Crippen LogP contribution in [0.15, 0.2) is 30.6 Å². The van der Waals surface area contributed by atoms with Gasteiger partial charge in [0, 0.05) is 57.1 Å². The Balaban J connectivity index is 1.39. The Kier molecular flexibility index (Phi) is 7.91. The molecule has 8 nitrogen and oxygen atoms in total. The monoisotopic (exact) mass is 483 g/mol. The van der Waals surface area contributed by atoms with Crippen molar-refractivity contribution in [3.05, 3.63) is 36.4 Å². The Morgan fingerprint density at radius 2 is 2.00 bits per heavy atom. The number of halogens is 1. The molecule has 5 atom stereocenters. The van der Waals surface area contributed by atoms with Gasteiger partial charge in [-0.2, -0.15) is 5.26 Å². The second kappa shape index (κ2) is 11.1. The first kappa shape index (κ1) is 25.0. The van der Waals surface area contributed by atoms with E-state index in [1.807, 2.05) is 11.8 Å². The Bertz CT molecular complexity index is 1030. The number of benzene rings is 1. The SMILES string of the molecule is CCOc1ccc(F)c(N2CCC(Oc3cnc(N4CC(OC)C(C)C4CC#N)cn3)C(C)C2)c1. The lowest BCUT2D eigenvalue weighted by molar-refractivity contribution is 0.0839. The fraction of sp³-hybridized carbons (Fsp3) is 0.577. The molecule has 0 bridgehead atoms. The molecule has 3 heterocycles. The third kappa shape index (κ3) is 5.43. The molecule has 35 heavy (non-hydrogen) atoms. The number of nitriles is 1. The highest BCUT2D eigenvalue weighted by Gasteiger charge is 2.40. The fourth-order valence-electron chi connectivity index (χ4n) is 5.15. The van der Waals surface area contributed by atoms with E-state index in [2.05, 4.69) is 34.8 Å². The molecule has 2 aliphatic rings. The number of piperidine rings is 1. The van der Waals surface area contributed by atoms with Gasteiger partial charge in [-0.25, -0.2) is 14.4 Å². The fourth-order valence-corrected chi connectivity index (χ4v) is 5.15. The van der Waals surface area contributed by atoms with Crippen LogP contribution < -0.4 is 19.3 Å². The Morgan fingerprint density at radius 1 is 1.17 bits per heavy atom. The summed E-state index contributed by atoms with van der Waals surface area (Å²) in [4.78, 5) is 13.2. The molecule has 188 valence electrons. The first-order chi connectivity index (χ1) is 16.9. The molecule has 0 radical (unpaired) electrons. The minimum Gasteiger partial charge on any atom is -0.494 e. The number of methoxy groups -OCH3 is 1. The van der Waals surface area contributed by atoms with E-state index in [-0.39, 0.29) is 35.9 Å². The molecule has 0 N–H and O–H groups in total. The highest BCUT2D eigenvalue weighted by Crippen LogP contribution is 2.33. The number of ether oxygens (including phenoxy) is 3. The van der Waals surface area contributed by atoms with Crippen molar-refractivity contribution in [3.8, 4) is 17.7 Å². The predicted molar refractivity (Wildman–Crippen MR) is 131 cm³/mol. The van der Waals surface area contributed by atoms with Crippen LogP contribution in [-0.2, 0) is 4.74 Å².